The number of carbonyl (C=O) groups is 1. The van der Waals surface area contributed by atoms with E-state index in [1.807, 2.05) is 62.4 Å². The van der Waals surface area contributed by atoms with Gasteiger partial charge in [-0.25, -0.2) is 4.79 Å². The molecule has 0 aromatic heterocycles. The van der Waals surface area contributed by atoms with Crippen molar-refractivity contribution in [1.29, 1.82) is 0 Å². The van der Waals surface area contributed by atoms with Crippen LogP contribution < -0.4 is 10.6 Å². The fourth-order valence-electron chi connectivity index (χ4n) is 2.39. The number of hydrogen-bond acceptors (Lipinski definition) is 1. The molecule has 0 aliphatic heterocycles. The number of benzene rings is 2. The molecule has 0 saturated carbocycles. The first-order valence-electron chi connectivity index (χ1n) is 7.81. The fourth-order valence-corrected chi connectivity index (χ4v) is 2.39. The van der Waals surface area contributed by atoms with Gasteiger partial charge in [0, 0.05) is 6.04 Å². The van der Waals surface area contributed by atoms with Gasteiger partial charge in [-0.15, -0.1) is 0 Å². The van der Waals surface area contributed by atoms with E-state index >= 15 is 0 Å². The predicted octanol–water partition coefficient (Wildman–Crippen LogP) is 4.07. The van der Waals surface area contributed by atoms with Crippen molar-refractivity contribution in [3.63, 3.8) is 0 Å². The third-order valence-corrected chi connectivity index (χ3v) is 3.73. The lowest BCUT2D eigenvalue weighted by Crippen LogP contribution is -2.41. The summed E-state index contributed by atoms with van der Waals surface area (Å²) in [6, 6.07) is 20.3. The molecule has 0 aliphatic carbocycles. The van der Waals surface area contributed by atoms with Crippen LogP contribution in [0.5, 0.6) is 0 Å². The van der Waals surface area contributed by atoms with Crippen LogP contribution in [-0.2, 0) is 6.42 Å². The standard InChI is InChI=1S/C19H24N2O/c1-15(13-14-17-9-5-3-6-10-17)20-19(22)21-16(2)18-11-7-4-8-12-18/h3-12,15-16H,13-14H2,1-2H3,(H2,20,21,22)/t15-,16-/m0/s1. The number of urea groups is 1. The van der Waals surface area contributed by atoms with Gasteiger partial charge in [0.15, 0.2) is 0 Å². The molecule has 22 heavy (non-hydrogen) atoms. The summed E-state index contributed by atoms with van der Waals surface area (Å²) in [6.07, 6.45) is 1.90. The Morgan fingerprint density at radius 1 is 0.909 bits per heavy atom. The monoisotopic (exact) mass is 296 g/mol. The molecule has 2 aromatic carbocycles. The molecule has 116 valence electrons. The van der Waals surface area contributed by atoms with Crippen molar-refractivity contribution in [2.75, 3.05) is 0 Å². The highest BCUT2D eigenvalue weighted by molar-refractivity contribution is 5.74. The van der Waals surface area contributed by atoms with Crippen LogP contribution in [0, 0.1) is 0 Å². The van der Waals surface area contributed by atoms with Gasteiger partial charge < -0.3 is 10.6 Å². The van der Waals surface area contributed by atoms with E-state index in [2.05, 4.69) is 22.8 Å². The second-order valence-corrected chi connectivity index (χ2v) is 5.68. The zero-order chi connectivity index (χ0) is 15.8. The lowest BCUT2D eigenvalue weighted by Gasteiger charge is -2.18. The minimum Gasteiger partial charge on any atom is -0.336 e. The van der Waals surface area contributed by atoms with Gasteiger partial charge in [-0.1, -0.05) is 60.7 Å². The first-order valence-corrected chi connectivity index (χ1v) is 7.81. The molecular weight excluding hydrogens is 272 g/mol. The molecule has 0 heterocycles. The maximum Gasteiger partial charge on any atom is 0.315 e. The SMILES string of the molecule is C[C@H](NC(=O)N[C@@H](C)CCc1ccccc1)c1ccccc1. The van der Waals surface area contributed by atoms with E-state index in [0.717, 1.165) is 18.4 Å². The minimum absolute atomic E-state index is 0.00234. The molecule has 0 radical (unpaired) electrons. The number of aryl methyl sites for hydroxylation is 1. The highest BCUT2D eigenvalue weighted by Crippen LogP contribution is 2.11. The molecule has 0 fully saturated rings. The summed E-state index contributed by atoms with van der Waals surface area (Å²) in [4.78, 5) is 12.0. The Morgan fingerprint density at radius 3 is 2.14 bits per heavy atom. The minimum atomic E-state index is -0.114. The summed E-state index contributed by atoms with van der Waals surface area (Å²) in [7, 11) is 0. The van der Waals surface area contributed by atoms with E-state index < -0.39 is 0 Å². The van der Waals surface area contributed by atoms with E-state index in [4.69, 9.17) is 0 Å². The highest BCUT2D eigenvalue weighted by atomic mass is 16.2. The molecule has 0 bridgehead atoms. The van der Waals surface area contributed by atoms with Gasteiger partial charge in [0.25, 0.3) is 0 Å². The van der Waals surface area contributed by atoms with Crippen LogP contribution in [0.25, 0.3) is 0 Å². The maximum atomic E-state index is 12.0. The van der Waals surface area contributed by atoms with Crippen molar-refractivity contribution in [3.05, 3.63) is 71.8 Å². The van der Waals surface area contributed by atoms with Crippen LogP contribution >= 0.6 is 0 Å². The lowest BCUT2D eigenvalue weighted by molar-refractivity contribution is 0.234. The van der Waals surface area contributed by atoms with Gasteiger partial charge in [-0.2, -0.15) is 0 Å². The van der Waals surface area contributed by atoms with Crippen molar-refractivity contribution in [2.45, 2.75) is 38.8 Å². The van der Waals surface area contributed by atoms with Crippen molar-refractivity contribution >= 4 is 6.03 Å². The Hall–Kier alpha value is -2.29. The topological polar surface area (TPSA) is 41.1 Å². The van der Waals surface area contributed by atoms with Gasteiger partial charge in [-0.05, 0) is 37.8 Å². The van der Waals surface area contributed by atoms with E-state index in [9.17, 15) is 4.79 Å². The van der Waals surface area contributed by atoms with Crippen LogP contribution in [-0.4, -0.2) is 12.1 Å². The molecule has 3 heteroatoms. The molecule has 2 N–H and O–H groups in total. The number of rotatable bonds is 6. The van der Waals surface area contributed by atoms with Crippen LogP contribution in [0.3, 0.4) is 0 Å². The first-order chi connectivity index (χ1) is 10.6. The van der Waals surface area contributed by atoms with Gasteiger partial charge in [-0.3, -0.25) is 0 Å². The van der Waals surface area contributed by atoms with Crippen LogP contribution in [0.2, 0.25) is 0 Å². The predicted molar refractivity (Wildman–Crippen MR) is 90.7 cm³/mol. The van der Waals surface area contributed by atoms with Crippen molar-refractivity contribution < 1.29 is 4.79 Å². The number of carbonyl (C=O) groups excluding carboxylic acids is 1. The Morgan fingerprint density at radius 2 is 1.50 bits per heavy atom. The Kier molecular flexibility index (Phi) is 6.01. The van der Waals surface area contributed by atoms with Crippen LogP contribution in [0.1, 0.15) is 37.4 Å². The largest absolute Gasteiger partial charge is 0.336 e. The average molecular weight is 296 g/mol. The third kappa shape index (κ3) is 5.24. The van der Waals surface area contributed by atoms with Crippen LogP contribution in [0.4, 0.5) is 4.79 Å². The fraction of sp³-hybridized carbons (Fsp3) is 0.316. The zero-order valence-electron chi connectivity index (χ0n) is 13.3. The van der Waals surface area contributed by atoms with Crippen molar-refractivity contribution in [3.8, 4) is 0 Å². The highest BCUT2D eigenvalue weighted by Gasteiger charge is 2.11. The van der Waals surface area contributed by atoms with Crippen molar-refractivity contribution in [2.24, 2.45) is 0 Å². The normalized spacial score (nSPS) is 13.2. The molecular formula is C19H24N2O. The second kappa shape index (κ2) is 8.23. The lowest BCUT2D eigenvalue weighted by atomic mass is 10.1. The summed E-state index contributed by atoms with van der Waals surface area (Å²) in [5.74, 6) is 0. The van der Waals surface area contributed by atoms with Gasteiger partial charge in [0.2, 0.25) is 0 Å². The summed E-state index contributed by atoms with van der Waals surface area (Å²) in [6.45, 7) is 4.03. The smallest absolute Gasteiger partial charge is 0.315 e. The Bertz CT molecular complexity index is 569. The average Bonchev–Trinajstić information content (AvgIpc) is 2.54. The van der Waals surface area contributed by atoms with Crippen LogP contribution in [0.15, 0.2) is 60.7 Å². The zero-order valence-corrected chi connectivity index (χ0v) is 13.3. The number of amides is 2. The maximum absolute atomic E-state index is 12.0. The molecule has 0 spiro atoms. The summed E-state index contributed by atoms with van der Waals surface area (Å²) < 4.78 is 0. The van der Waals surface area contributed by atoms with E-state index in [-0.39, 0.29) is 18.1 Å². The quantitative estimate of drug-likeness (QED) is 0.829. The molecule has 0 saturated heterocycles. The third-order valence-electron chi connectivity index (χ3n) is 3.73. The van der Waals surface area contributed by atoms with E-state index in [0.29, 0.717) is 0 Å². The molecule has 0 unspecified atom stereocenters. The van der Waals surface area contributed by atoms with Crippen molar-refractivity contribution in [1.82, 2.24) is 10.6 Å². The first kappa shape index (κ1) is 16.1. The summed E-state index contributed by atoms with van der Waals surface area (Å²) in [5.41, 5.74) is 2.41. The molecule has 2 atom stereocenters. The molecule has 2 amide bonds. The molecule has 0 aliphatic rings. The second-order valence-electron chi connectivity index (χ2n) is 5.68. The van der Waals surface area contributed by atoms with E-state index in [1.165, 1.54) is 5.56 Å². The molecule has 2 rings (SSSR count). The Balaban J connectivity index is 1.74. The van der Waals surface area contributed by atoms with Gasteiger partial charge in [0.1, 0.15) is 0 Å². The molecule has 2 aromatic rings. The van der Waals surface area contributed by atoms with Gasteiger partial charge in [0.05, 0.1) is 6.04 Å². The number of hydrogen-bond donors (Lipinski definition) is 2. The Labute approximate surface area is 132 Å². The molecule has 3 nitrogen and oxygen atoms in total. The number of nitrogens with one attached hydrogen (secondary N) is 2. The van der Waals surface area contributed by atoms with E-state index in [1.54, 1.807) is 0 Å². The summed E-state index contributed by atoms with van der Waals surface area (Å²) in [5, 5.41) is 5.98. The van der Waals surface area contributed by atoms with Gasteiger partial charge >= 0.3 is 6.03 Å². The summed E-state index contributed by atoms with van der Waals surface area (Å²) >= 11 is 0.